The number of halogens is 1. The van der Waals surface area contributed by atoms with E-state index in [4.69, 9.17) is 0 Å². The van der Waals surface area contributed by atoms with Crippen molar-refractivity contribution in [3.8, 4) is 0 Å². The fourth-order valence-corrected chi connectivity index (χ4v) is 1.78. The Morgan fingerprint density at radius 2 is 2.27 bits per heavy atom. The second-order valence-corrected chi connectivity index (χ2v) is 3.84. The van der Waals surface area contributed by atoms with Crippen LogP contribution in [0.2, 0.25) is 0 Å². The molecular formula is C9H18FN. The van der Waals surface area contributed by atoms with Crippen molar-refractivity contribution in [1.82, 2.24) is 4.90 Å². The molecule has 0 aliphatic carbocycles. The van der Waals surface area contributed by atoms with Crippen LogP contribution in [-0.2, 0) is 0 Å². The molecule has 1 aliphatic rings. The van der Waals surface area contributed by atoms with E-state index in [1.54, 1.807) is 0 Å². The molecule has 2 heteroatoms. The van der Waals surface area contributed by atoms with E-state index in [1.807, 2.05) is 0 Å². The Morgan fingerprint density at radius 3 is 2.82 bits per heavy atom. The summed E-state index contributed by atoms with van der Waals surface area (Å²) in [7, 11) is 0. The molecular weight excluding hydrogens is 141 g/mol. The zero-order valence-electron chi connectivity index (χ0n) is 7.52. The third kappa shape index (κ3) is 2.44. The lowest BCUT2D eigenvalue weighted by Crippen LogP contribution is -2.33. The van der Waals surface area contributed by atoms with Crippen LogP contribution < -0.4 is 0 Å². The number of nitrogens with zero attached hydrogens (tertiary/aromatic N) is 1. The van der Waals surface area contributed by atoms with Crippen LogP contribution in [0.15, 0.2) is 0 Å². The SMILES string of the molecule is CC(C)CN1CCCC1CF. The highest BCUT2D eigenvalue weighted by atomic mass is 19.1. The van der Waals surface area contributed by atoms with Gasteiger partial charge in [-0.25, -0.2) is 4.39 Å². The van der Waals surface area contributed by atoms with Crippen LogP contribution in [0.25, 0.3) is 0 Å². The largest absolute Gasteiger partial charge is 0.298 e. The third-order valence-corrected chi connectivity index (χ3v) is 2.28. The molecule has 1 nitrogen and oxygen atoms in total. The Hall–Kier alpha value is -0.110. The van der Waals surface area contributed by atoms with E-state index in [1.165, 1.54) is 6.42 Å². The highest BCUT2D eigenvalue weighted by molar-refractivity contribution is 4.78. The van der Waals surface area contributed by atoms with Crippen molar-refractivity contribution in [2.75, 3.05) is 19.8 Å². The smallest absolute Gasteiger partial charge is 0.105 e. The van der Waals surface area contributed by atoms with Crippen LogP contribution in [-0.4, -0.2) is 30.7 Å². The summed E-state index contributed by atoms with van der Waals surface area (Å²) in [5.41, 5.74) is 0. The van der Waals surface area contributed by atoms with E-state index in [0.717, 1.165) is 19.5 Å². The minimum Gasteiger partial charge on any atom is -0.298 e. The normalized spacial score (nSPS) is 26.7. The van der Waals surface area contributed by atoms with Gasteiger partial charge in [0.15, 0.2) is 0 Å². The maximum atomic E-state index is 12.4. The quantitative estimate of drug-likeness (QED) is 0.609. The highest BCUT2D eigenvalue weighted by Gasteiger charge is 2.24. The number of likely N-dealkylation sites (tertiary alicyclic amines) is 1. The van der Waals surface area contributed by atoms with Gasteiger partial charge in [-0.2, -0.15) is 0 Å². The van der Waals surface area contributed by atoms with Gasteiger partial charge in [-0.05, 0) is 25.3 Å². The summed E-state index contributed by atoms with van der Waals surface area (Å²) in [6, 6.07) is 0.234. The number of rotatable bonds is 3. The van der Waals surface area contributed by atoms with Gasteiger partial charge in [0.25, 0.3) is 0 Å². The van der Waals surface area contributed by atoms with Gasteiger partial charge in [0.05, 0.1) is 0 Å². The summed E-state index contributed by atoms with van der Waals surface area (Å²) >= 11 is 0. The van der Waals surface area contributed by atoms with E-state index in [2.05, 4.69) is 18.7 Å². The summed E-state index contributed by atoms with van der Waals surface area (Å²) in [5.74, 6) is 0.669. The molecule has 0 amide bonds. The lowest BCUT2D eigenvalue weighted by atomic mass is 10.2. The first-order chi connectivity index (χ1) is 5.24. The summed E-state index contributed by atoms with van der Waals surface area (Å²) in [5, 5.41) is 0. The van der Waals surface area contributed by atoms with Gasteiger partial charge in [0, 0.05) is 12.6 Å². The Labute approximate surface area is 68.6 Å². The first kappa shape index (κ1) is 8.98. The molecule has 0 aromatic carbocycles. The van der Waals surface area contributed by atoms with Gasteiger partial charge in [-0.3, -0.25) is 4.90 Å². The Kier molecular flexibility index (Phi) is 3.31. The molecule has 1 aliphatic heterocycles. The van der Waals surface area contributed by atoms with Crippen molar-refractivity contribution in [3.05, 3.63) is 0 Å². The molecule has 11 heavy (non-hydrogen) atoms. The maximum absolute atomic E-state index is 12.4. The molecule has 1 fully saturated rings. The van der Waals surface area contributed by atoms with Gasteiger partial charge in [0.1, 0.15) is 6.67 Å². The molecule has 0 spiro atoms. The molecule has 0 radical (unpaired) electrons. The summed E-state index contributed by atoms with van der Waals surface area (Å²) in [6.45, 7) is 6.38. The zero-order chi connectivity index (χ0) is 8.27. The number of hydrogen-bond acceptors (Lipinski definition) is 1. The van der Waals surface area contributed by atoms with Gasteiger partial charge >= 0.3 is 0 Å². The topological polar surface area (TPSA) is 3.24 Å². The summed E-state index contributed by atoms with van der Waals surface area (Å²) < 4.78 is 12.4. The molecule has 1 saturated heterocycles. The highest BCUT2D eigenvalue weighted by Crippen LogP contribution is 2.18. The molecule has 66 valence electrons. The third-order valence-electron chi connectivity index (χ3n) is 2.28. The zero-order valence-corrected chi connectivity index (χ0v) is 7.52. The van der Waals surface area contributed by atoms with E-state index >= 15 is 0 Å². The average Bonchev–Trinajstić information content (AvgIpc) is 2.34. The first-order valence-corrected chi connectivity index (χ1v) is 4.54. The molecule has 0 aromatic rings. The second kappa shape index (κ2) is 4.05. The van der Waals surface area contributed by atoms with Crippen molar-refractivity contribution >= 4 is 0 Å². The maximum Gasteiger partial charge on any atom is 0.105 e. The van der Waals surface area contributed by atoms with Crippen LogP contribution in [0, 0.1) is 5.92 Å². The molecule has 1 heterocycles. The van der Waals surface area contributed by atoms with Gasteiger partial charge in [-0.1, -0.05) is 13.8 Å². The average molecular weight is 159 g/mol. The van der Waals surface area contributed by atoms with Gasteiger partial charge < -0.3 is 0 Å². The second-order valence-electron chi connectivity index (χ2n) is 3.84. The summed E-state index contributed by atoms with van der Waals surface area (Å²) in [6.07, 6.45) is 2.24. The standard InChI is InChI=1S/C9H18FN/c1-8(2)7-11-5-3-4-9(11)6-10/h8-9H,3-7H2,1-2H3. The molecule has 1 rings (SSSR count). The molecule has 1 atom stereocenters. The number of hydrogen-bond donors (Lipinski definition) is 0. The molecule has 0 bridgehead atoms. The van der Waals surface area contributed by atoms with E-state index in [0.29, 0.717) is 5.92 Å². The Bertz CT molecular complexity index is 114. The monoisotopic (exact) mass is 159 g/mol. The molecule has 0 aromatic heterocycles. The van der Waals surface area contributed by atoms with E-state index in [9.17, 15) is 4.39 Å². The summed E-state index contributed by atoms with van der Waals surface area (Å²) in [4.78, 5) is 2.28. The molecule has 0 saturated carbocycles. The number of alkyl halides is 1. The lowest BCUT2D eigenvalue weighted by Gasteiger charge is -2.23. The van der Waals surface area contributed by atoms with Crippen LogP contribution in [0.5, 0.6) is 0 Å². The van der Waals surface area contributed by atoms with Crippen LogP contribution in [0.3, 0.4) is 0 Å². The molecule has 1 unspecified atom stereocenters. The van der Waals surface area contributed by atoms with Crippen LogP contribution in [0.1, 0.15) is 26.7 Å². The lowest BCUT2D eigenvalue weighted by molar-refractivity contribution is 0.195. The molecule has 0 N–H and O–H groups in total. The van der Waals surface area contributed by atoms with Gasteiger partial charge in [-0.15, -0.1) is 0 Å². The minimum absolute atomic E-state index is 0.160. The fraction of sp³-hybridized carbons (Fsp3) is 1.00. The van der Waals surface area contributed by atoms with Crippen LogP contribution >= 0.6 is 0 Å². The van der Waals surface area contributed by atoms with Crippen molar-refractivity contribution in [3.63, 3.8) is 0 Å². The van der Waals surface area contributed by atoms with Crippen molar-refractivity contribution in [1.29, 1.82) is 0 Å². The Balaban J connectivity index is 2.31. The first-order valence-electron chi connectivity index (χ1n) is 4.54. The van der Waals surface area contributed by atoms with Crippen LogP contribution in [0.4, 0.5) is 4.39 Å². The van der Waals surface area contributed by atoms with Crippen molar-refractivity contribution in [2.45, 2.75) is 32.7 Å². The van der Waals surface area contributed by atoms with Crippen molar-refractivity contribution < 1.29 is 4.39 Å². The van der Waals surface area contributed by atoms with Gasteiger partial charge in [0.2, 0.25) is 0 Å². The minimum atomic E-state index is -0.160. The predicted molar refractivity (Wildman–Crippen MR) is 45.4 cm³/mol. The van der Waals surface area contributed by atoms with E-state index in [-0.39, 0.29) is 12.7 Å². The fourth-order valence-electron chi connectivity index (χ4n) is 1.78. The van der Waals surface area contributed by atoms with Crippen molar-refractivity contribution in [2.24, 2.45) is 5.92 Å². The van der Waals surface area contributed by atoms with E-state index < -0.39 is 0 Å². The predicted octanol–water partition coefficient (Wildman–Crippen LogP) is 2.08. The Morgan fingerprint density at radius 1 is 1.55 bits per heavy atom.